The summed E-state index contributed by atoms with van der Waals surface area (Å²) in [5.41, 5.74) is 0. The summed E-state index contributed by atoms with van der Waals surface area (Å²) in [5.74, 6) is -0.0770. The Balaban J connectivity index is 1.99. The molecule has 0 saturated carbocycles. The maximum absolute atomic E-state index is 11.1. The van der Waals surface area contributed by atoms with E-state index in [-0.39, 0.29) is 5.97 Å². The molecule has 0 aromatic rings. The summed E-state index contributed by atoms with van der Waals surface area (Å²) in [5, 5.41) is 6.90. The Morgan fingerprint density at radius 3 is 3.12 bits per heavy atom. The molecule has 1 aliphatic heterocycles. The average Bonchev–Trinajstić information content (AvgIpc) is 2.53. The van der Waals surface area contributed by atoms with Crippen molar-refractivity contribution in [3.8, 4) is 0 Å². The number of hydrogen-bond acceptors (Lipinski definition) is 4. The molecular weight excluding hydrogens is 204 g/mol. The molecule has 4 nitrogen and oxygen atoms in total. The van der Waals surface area contributed by atoms with Gasteiger partial charge in [-0.1, -0.05) is 0 Å². The normalized spacial score (nSPS) is 21.4. The third-order valence-corrected chi connectivity index (χ3v) is 2.87. The van der Waals surface area contributed by atoms with Crippen LogP contribution >= 0.6 is 0 Å². The summed E-state index contributed by atoms with van der Waals surface area (Å²) in [6.45, 7) is 5.50. The molecule has 1 aliphatic rings. The minimum Gasteiger partial charge on any atom is -0.466 e. The van der Waals surface area contributed by atoms with Gasteiger partial charge < -0.3 is 15.4 Å². The van der Waals surface area contributed by atoms with Crippen LogP contribution in [0.2, 0.25) is 0 Å². The van der Waals surface area contributed by atoms with Gasteiger partial charge in [-0.2, -0.15) is 0 Å². The Labute approximate surface area is 98.1 Å². The van der Waals surface area contributed by atoms with Gasteiger partial charge in [0.15, 0.2) is 0 Å². The fraction of sp³-hybridized carbons (Fsp3) is 0.917. The first-order valence-corrected chi connectivity index (χ1v) is 6.42. The highest BCUT2D eigenvalue weighted by atomic mass is 16.5. The van der Waals surface area contributed by atoms with Crippen molar-refractivity contribution in [2.24, 2.45) is 0 Å². The molecule has 0 aliphatic carbocycles. The van der Waals surface area contributed by atoms with E-state index in [1.54, 1.807) is 0 Å². The second kappa shape index (κ2) is 8.53. The van der Waals surface area contributed by atoms with E-state index in [2.05, 4.69) is 10.6 Å². The van der Waals surface area contributed by atoms with Crippen molar-refractivity contribution >= 4 is 5.97 Å². The zero-order chi connectivity index (χ0) is 11.6. The molecule has 1 heterocycles. The lowest BCUT2D eigenvalue weighted by atomic mass is 10.1. The molecule has 1 saturated heterocycles. The molecule has 4 heteroatoms. The van der Waals surface area contributed by atoms with Crippen molar-refractivity contribution in [2.45, 2.75) is 45.1 Å². The van der Waals surface area contributed by atoms with Crippen molar-refractivity contribution in [3.05, 3.63) is 0 Å². The van der Waals surface area contributed by atoms with Crippen LogP contribution in [0.15, 0.2) is 0 Å². The zero-order valence-corrected chi connectivity index (χ0v) is 10.3. The highest BCUT2D eigenvalue weighted by molar-refractivity contribution is 5.69. The van der Waals surface area contributed by atoms with E-state index in [1.165, 1.54) is 19.3 Å². The van der Waals surface area contributed by atoms with Crippen molar-refractivity contribution in [2.75, 3.05) is 26.2 Å². The topological polar surface area (TPSA) is 50.4 Å². The maximum Gasteiger partial charge on any atom is 0.305 e. The van der Waals surface area contributed by atoms with Crippen LogP contribution in [0.25, 0.3) is 0 Å². The molecule has 0 bridgehead atoms. The fourth-order valence-corrected chi connectivity index (χ4v) is 2.00. The molecule has 1 rings (SSSR count). The van der Waals surface area contributed by atoms with Crippen LogP contribution < -0.4 is 10.6 Å². The van der Waals surface area contributed by atoms with Crippen molar-refractivity contribution < 1.29 is 9.53 Å². The highest BCUT2D eigenvalue weighted by Crippen LogP contribution is 2.05. The first-order valence-electron chi connectivity index (χ1n) is 6.42. The number of ether oxygens (including phenoxy) is 1. The van der Waals surface area contributed by atoms with E-state index in [0.29, 0.717) is 19.1 Å². The maximum atomic E-state index is 11.1. The SMILES string of the molecule is CCOC(=O)CCCNC1CCCNCC1. The molecule has 0 amide bonds. The first kappa shape index (κ1) is 13.5. The van der Waals surface area contributed by atoms with Gasteiger partial charge in [0, 0.05) is 12.5 Å². The van der Waals surface area contributed by atoms with Crippen LogP contribution in [0, 0.1) is 0 Å². The molecule has 2 N–H and O–H groups in total. The van der Waals surface area contributed by atoms with Crippen molar-refractivity contribution in [1.82, 2.24) is 10.6 Å². The van der Waals surface area contributed by atoms with Crippen LogP contribution in [0.5, 0.6) is 0 Å². The number of hydrogen-bond donors (Lipinski definition) is 2. The third-order valence-electron chi connectivity index (χ3n) is 2.87. The Bertz CT molecular complexity index is 189. The van der Waals surface area contributed by atoms with Gasteiger partial charge in [0.05, 0.1) is 6.61 Å². The fourth-order valence-electron chi connectivity index (χ4n) is 2.00. The van der Waals surface area contributed by atoms with E-state index in [0.717, 1.165) is 26.1 Å². The number of carbonyl (C=O) groups excluding carboxylic acids is 1. The number of nitrogens with one attached hydrogen (secondary N) is 2. The highest BCUT2D eigenvalue weighted by Gasteiger charge is 2.10. The molecule has 1 unspecified atom stereocenters. The first-order chi connectivity index (χ1) is 7.83. The van der Waals surface area contributed by atoms with E-state index in [9.17, 15) is 4.79 Å². The smallest absolute Gasteiger partial charge is 0.305 e. The molecule has 0 radical (unpaired) electrons. The molecule has 0 aromatic heterocycles. The van der Waals surface area contributed by atoms with Gasteiger partial charge in [-0.25, -0.2) is 0 Å². The largest absolute Gasteiger partial charge is 0.466 e. The van der Waals surface area contributed by atoms with Crippen LogP contribution in [0.1, 0.15) is 39.0 Å². The van der Waals surface area contributed by atoms with Gasteiger partial charge >= 0.3 is 5.97 Å². The molecule has 16 heavy (non-hydrogen) atoms. The standard InChI is InChI=1S/C12H24N2O2/c1-2-16-12(15)6-4-9-14-11-5-3-8-13-10-7-11/h11,13-14H,2-10H2,1H3. The summed E-state index contributed by atoms with van der Waals surface area (Å²) in [6.07, 6.45) is 5.09. The zero-order valence-electron chi connectivity index (χ0n) is 10.3. The molecule has 1 atom stereocenters. The number of esters is 1. The molecule has 0 spiro atoms. The second-order valence-electron chi connectivity index (χ2n) is 4.24. The van der Waals surface area contributed by atoms with Crippen LogP contribution in [0.4, 0.5) is 0 Å². The van der Waals surface area contributed by atoms with E-state index >= 15 is 0 Å². The lowest BCUT2D eigenvalue weighted by Crippen LogP contribution is -2.31. The molecule has 0 aromatic carbocycles. The summed E-state index contributed by atoms with van der Waals surface area (Å²) in [4.78, 5) is 11.1. The third kappa shape index (κ3) is 6.08. The summed E-state index contributed by atoms with van der Waals surface area (Å²) < 4.78 is 4.88. The quantitative estimate of drug-likeness (QED) is 0.527. The molecular formula is C12H24N2O2. The molecule has 1 fully saturated rings. The van der Waals surface area contributed by atoms with Gasteiger partial charge in [0.2, 0.25) is 0 Å². The monoisotopic (exact) mass is 228 g/mol. The van der Waals surface area contributed by atoms with Gasteiger partial charge in [-0.05, 0) is 52.2 Å². The summed E-state index contributed by atoms with van der Waals surface area (Å²) >= 11 is 0. The number of carbonyl (C=O) groups is 1. The van der Waals surface area contributed by atoms with Gasteiger partial charge in [0.1, 0.15) is 0 Å². The van der Waals surface area contributed by atoms with Crippen LogP contribution in [-0.2, 0) is 9.53 Å². The Morgan fingerprint density at radius 2 is 2.31 bits per heavy atom. The lowest BCUT2D eigenvalue weighted by Gasteiger charge is -2.15. The predicted octanol–water partition coefficient (Wildman–Crippen LogP) is 1.06. The summed E-state index contributed by atoms with van der Waals surface area (Å²) in [7, 11) is 0. The Kier molecular flexibility index (Phi) is 7.17. The number of rotatable bonds is 6. The van der Waals surface area contributed by atoms with Gasteiger partial charge in [-0.3, -0.25) is 4.79 Å². The van der Waals surface area contributed by atoms with Crippen molar-refractivity contribution in [1.29, 1.82) is 0 Å². The minimum atomic E-state index is -0.0770. The summed E-state index contributed by atoms with van der Waals surface area (Å²) in [6, 6.07) is 0.622. The van der Waals surface area contributed by atoms with Crippen molar-refractivity contribution in [3.63, 3.8) is 0 Å². The average molecular weight is 228 g/mol. The molecule has 94 valence electrons. The van der Waals surface area contributed by atoms with E-state index < -0.39 is 0 Å². The lowest BCUT2D eigenvalue weighted by molar-refractivity contribution is -0.143. The Hall–Kier alpha value is -0.610. The van der Waals surface area contributed by atoms with Crippen LogP contribution in [-0.4, -0.2) is 38.3 Å². The Morgan fingerprint density at radius 1 is 1.44 bits per heavy atom. The van der Waals surface area contributed by atoms with Gasteiger partial charge in [0.25, 0.3) is 0 Å². The van der Waals surface area contributed by atoms with Crippen LogP contribution in [0.3, 0.4) is 0 Å². The second-order valence-corrected chi connectivity index (χ2v) is 4.24. The minimum absolute atomic E-state index is 0.0770. The van der Waals surface area contributed by atoms with E-state index in [1.807, 2.05) is 6.92 Å². The van der Waals surface area contributed by atoms with Gasteiger partial charge in [-0.15, -0.1) is 0 Å². The predicted molar refractivity (Wildman–Crippen MR) is 64.4 cm³/mol. The van der Waals surface area contributed by atoms with E-state index in [4.69, 9.17) is 4.74 Å².